The van der Waals surface area contributed by atoms with E-state index in [0.29, 0.717) is 28.4 Å². The van der Waals surface area contributed by atoms with Gasteiger partial charge in [0.15, 0.2) is 11.5 Å². The molecule has 2 rings (SSSR count). The highest BCUT2D eigenvalue weighted by molar-refractivity contribution is 7.89. The van der Waals surface area contributed by atoms with Crippen molar-refractivity contribution in [3.8, 4) is 17.2 Å². The van der Waals surface area contributed by atoms with Crippen LogP contribution in [0.25, 0.3) is 0 Å². The molecule has 0 unspecified atom stereocenters. The molecule has 0 bridgehead atoms. The molecular weight excluding hydrogens is 398 g/mol. The van der Waals surface area contributed by atoms with E-state index in [1.54, 1.807) is 25.1 Å². The summed E-state index contributed by atoms with van der Waals surface area (Å²) < 4.78 is 48.3. The van der Waals surface area contributed by atoms with Gasteiger partial charge in [0.25, 0.3) is 0 Å². The van der Waals surface area contributed by atoms with Gasteiger partial charge in [0.2, 0.25) is 15.8 Å². The molecule has 2 aromatic carbocycles. The average Bonchev–Trinajstić information content (AvgIpc) is 2.72. The van der Waals surface area contributed by atoms with Crippen LogP contribution in [0, 0.1) is 6.92 Å². The second-order valence-electron chi connectivity index (χ2n) is 6.23. The first-order valence-electron chi connectivity index (χ1n) is 8.64. The largest absolute Gasteiger partial charge is 0.493 e. The SMILES string of the molecule is COC(=O)c1ccc(C)c(S(=O)(=O)N(C)Cc2ccc(OC)c(OC)c2OC)c1. The number of benzene rings is 2. The maximum absolute atomic E-state index is 13.2. The van der Waals surface area contributed by atoms with Gasteiger partial charge in [-0.2, -0.15) is 4.31 Å². The van der Waals surface area contributed by atoms with Crippen molar-refractivity contribution in [2.75, 3.05) is 35.5 Å². The van der Waals surface area contributed by atoms with Crippen molar-refractivity contribution in [3.05, 3.63) is 47.0 Å². The lowest BCUT2D eigenvalue weighted by Crippen LogP contribution is -2.27. The van der Waals surface area contributed by atoms with Gasteiger partial charge in [-0.3, -0.25) is 0 Å². The third-order valence-corrected chi connectivity index (χ3v) is 6.42. The standard InChI is InChI=1S/C20H25NO7S/c1-13-7-8-14(20(22)28-6)11-17(13)29(23,24)21(2)12-15-9-10-16(25-3)19(27-5)18(15)26-4/h7-11H,12H2,1-6H3. The van der Waals surface area contributed by atoms with Crippen molar-refractivity contribution in [2.24, 2.45) is 0 Å². The fourth-order valence-electron chi connectivity index (χ4n) is 2.90. The Morgan fingerprint density at radius 3 is 2.17 bits per heavy atom. The number of esters is 1. The molecule has 0 aliphatic heterocycles. The first kappa shape index (κ1) is 22.5. The number of ether oxygens (including phenoxy) is 4. The molecule has 9 heteroatoms. The lowest BCUT2D eigenvalue weighted by atomic mass is 10.1. The lowest BCUT2D eigenvalue weighted by Gasteiger charge is -2.21. The molecule has 0 N–H and O–H groups in total. The van der Waals surface area contributed by atoms with E-state index in [2.05, 4.69) is 4.74 Å². The Morgan fingerprint density at radius 1 is 0.966 bits per heavy atom. The van der Waals surface area contributed by atoms with Gasteiger partial charge in [0.1, 0.15) is 0 Å². The fraction of sp³-hybridized carbons (Fsp3) is 0.350. The van der Waals surface area contributed by atoms with Gasteiger partial charge in [-0.25, -0.2) is 13.2 Å². The number of methoxy groups -OCH3 is 4. The zero-order valence-corrected chi connectivity index (χ0v) is 18.1. The summed E-state index contributed by atoms with van der Waals surface area (Å²) >= 11 is 0. The van der Waals surface area contributed by atoms with Crippen LogP contribution in [0.5, 0.6) is 17.2 Å². The van der Waals surface area contributed by atoms with Crippen LogP contribution in [-0.2, 0) is 21.3 Å². The molecule has 0 fully saturated rings. The molecule has 0 amide bonds. The molecule has 158 valence electrons. The quantitative estimate of drug-likeness (QED) is 0.603. The summed E-state index contributed by atoms with van der Waals surface area (Å²) in [5, 5.41) is 0. The van der Waals surface area contributed by atoms with Crippen LogP contribution in [0.3, 0.4) is 0 Å². The number of aryl methyl sites for hydroxylation is 1. The Kier molecular flexibility index (Phi) is 7.10. The smallest absolute Gasteiger partial charge is 0.337 e. The van der Waals surface area contributed by atoms with Crippen LogP contribution in [0.1, 0.15) is 21.5 Å². The number of sulfonamides is 1. The third-order valence-electron chi connectivity index (χ3n) is 4.48. The van der Waals surface area contributed by atoms with Gasteiger partial charge < -0.3 is 18.9 Å². The van der Waals surface area contributed by atoms with Crippen LogP contribution in [0.2, 0.25) is 0 Å². The van der Waals surface area contributed by atoms with Crippen molar-refractivity contribution < 1.29 is 32.2 Å². The molecule has 0 radical (unpaired) electrons. The highest BCUT2D eigenvalue weighted by Crippen LogP contribution is 2.40. The summed E-state index contributed by atoms with van der Waals surface area (Å²) in [6.07, 6.45) is 0. The van der Waals surface area contributed by atoms with Crippen LogP contribution in [-0.4, -0.2) is 54.2 Å². The molecule has 29 heavy (non-hydrogen) atoms. The van der Waals surface area contributed by atoms with Gasteiger partial charge in [0, 0.05) is 19.2 Å². The molecule has 0 saturated heterocycles. The normalized spacial score (nSPS) is 11.3. The predicted octanol–water partition coefficient (Wildman–Crippen LogP) is 2.63. The number of carbonyl (C=O) groups excluding carboxylic acids is 1. The molecule has 2 aromatic rings. The van der Waals surface area contributed by atoms with Crippen molar-refractivity contribution in [1.82, 2.24) is 4.31 Å². The number of carbonyl (C=O) groups is 1. The van der Waals surface area contributed by atoms with Crippen LogP contribution >= 0.6 is 0 Å². The van der Waals surface area contributed by atoms with E-state index in [4.69, 9.17) is 14.2 Å². The molecule has 0 saturated carbocycles. The fourth-order valence-corrected chi connectivity index (χ4v) is 4.30. The van der Waals surface area contributed by atoms with Crippen molar-refractivity contribution in [1.29, 1.82) is 0 Å². The number of hydrogen-bond donors (Lipinski definition) is 0. The van der Waals surface area contributed by atoms with E-state index in [1.165, 1.54) is 51.9 Å². The molecule has 0 aliphatic rings. The molecule has 0 aromatic heterocycles. The Balaban J connectivity index is 2.45. The number of hydrogen-bond acceptors (Lipinski definition) is 7. The molecule has 0 atom stereocenters. The minimum absolute atomic E-state index is 0.0216. The topological polar surface area (TPSA) is 91.4 Å². The van der Waals surface area contributed by atoms with Crippen molar-refractivity contribution in [3.63, 3.8) is 0 Å². The predicted molar refractivity (Wildman–Crippen MR) is 107 cm³/mol. The summed E-state index contributed by atoms with van der Waals surface area (Å²) in [7, 11) is 3.26. The van der Waals surface area contributed by atoms with Gasteiger partial charge in [-0.05, 0) is 30.7 Å². The first-order valence-corrected chi connectivity index (χ1v) is 10.1. The molecule has 0 aliphatic carbocycles. The van der Waals surface area contributed by atoms with Crippen LogP contribution < -0.4 is 14.2 Å². The number of rotatable bonds is 8. The van der Waals surface area contributed by atoms with Gasteiger partial charge in [0.05, 0.1) is 38.9 Å². The Hall–Kier alpha value is -2.78. The van der Waals surface area contributed by atoms with E-state index in [1.807, 2.05) is 0 Å². The van der Waals surface area contributed by atoms with E-state index in [-0.39, 0.29) is 17.0 Å². The van der Waals surface area contributed by atoms with Crippen LogP contribution in [0.4, 0.5) is 0 Å². The van der Waals surface area contributed by atoms with E-state index < -0.39 is 16.0 Å². The molecule has 0 heterocycles. The summed E-state index contributed by atoms with van der Waals surface area (Å²) in [5.74, 6) is 0.627. The maximum Gasteiger partial charge on any atom is 0.337 e. The second-order valence-corrected chi connectivity index (χ2v) is 8.24. The zero-order valence-electron chi connectivity index (χ0n) is 17.3. The van der Waals surface area contributed by atoms with Crippen LogP contribution in [0.15, 0.2) is 35.2 Å². The highest BCUT2D eigenvalue weighted by Gasteiger charge is 2.26. The third kappa shape index (κ3) is 4.46. The Bertz CT molecular complexity index is 1000. The summed E-state index contributed by atoms with van der Waals surface area (Å²) in [6.45, 7) is 1.69. The molecule has 8 nitrogen and oxygen atoms in total. The number of nitrogens with zero attached hydrogens (tertiary/aromatic N) is 1. The summed E-state index contributed by atoms with van der Waals surface area (Å²) in [6, 6.07) is 7.81. The summed E-state index contributed by atoms with van der Waals surface area (Å²) in [4.78, 5) is 11.8. The highest BCUT2D eigenvalue weighted by atomic mass is 32.2. The minimum Gasteiger partial charge on any atom is -0.493 e. The molecular formula is C20H25NO7S. The summed E-state index contributed by atoms with van der Waals surface area (Å²) in [5.41, 5.74) is 1.27. The minimum atomic E-state index is -3.89. The molecule has 0 spiro atoms. The van der Waals surface area contributed by atoms with E-state index in [0.717, 1.165) is 0 Å². The van der Waals surface area contributed by atoms with Gasteiger partial charge in [-0.15, -0.1) is 0 Å². The second kappa shape index (κ2) is 9.15. The van der Waals surface area contributed by atoms with Gasteiger partial charge in [-0.1, -0.05) is 12.1 Å². The van der Waals surface area contributed by atoms with E-state index in [9.17, 15) is 13.2 Å². The van der Waals surface area contributed by atoms with Gasteiger partial charge >= 0.3 is 5.97 Å². The Labute approximate surface area is 171 Å². The first-order chi connectivity index (χ1) is 13.7. The monoisotopic (exact) mass is 423 g/mol. The van der Waals surface area contributed by atoms with Crippen molar-refractivity contribution in [2.45, 2.75) is 18.4 Å². The lowest BCUT2D eigenvalue weighted by molar-refractivity contribution is 0.0600. The maximum atomic E-state index is 13.2. The average molecular weight is 423 g/mol. The zero-order chi connectivity index (χ0) is 21.8. The van der Waals surface area contributed by atoms with Crippen molar-refractivity contribution >= 4 is 16.0 Å². The Morgan fingerprint density at radius 2 is 1.62 bits per heavy atom. The van der Waals surface area contributed by atoms with E-state index >= 15 is 0 Å².